The molecule has 1 aliphatic rings. The van der Waals surface area contributed by atoms with Gasteiger partial charge >= 0.3 is 5.69 Å². The summed E-state index contributed by atoms with van der Waals surface area (Å²) in [6.45, 7) is 2.21. The molecule has 1 aromatic heterocycles. The molecule has 1 fully saturated rings. The molecule has 0 aliphatic carbocycles. The van der Waals surface area contributed by atoms with Crippen molar-refractivity contribution in [2.75, 3.05) is 5.73 Å². The molecule has 2 heterocycles. The normalized spacial score (nSPS) is 31.0. The lowest BCUT2D eigenvalue weighted by molar-refractivity contribution is -0.158. The average molecular weight is 516 g/mol. The van der Waals surface area contributed by atoms with Gasteiger partial charge in [0.15, 0.2) is 23.4 Å². The monoisotopic (exact) mass is 515 g/mol. The zero-order chi connectivity index (χ0) is 18.4. The Hall–Kier alpha value is -0.890. The summed E-state index contributed by atoms with van der Waals surface area (Å²) in [5, 5.41) is 20.8. The molecule has 0 radical (unpaired) electrons. The number of carbonyl (C=O) groups is 2. The van der Waals surface area contributed by atoms with E-state index in [1.807, 2.05) is 22.6 Å². The molecule has 0 aromatic carbocycles. The number of ether oxygens (including phenoxy) is 1. The van der Waals surface area contributed by atoms with Crippen LogP contribution in [0.15, 0.2) is 11.0 Å². The molecule has 2 rings (SSSR count). The number of nitrogen functional groups attached to an aromatic ring is 1. The number of carbonyl (C=O) groups excluding carboxylic acids is 2. The maximum absolute atomic E-state index is 12.1. The predicted octanol–water partition coefficient (Wildman–Crippen LogP) is -0.639. The number of Topliss-reactive ketones (excluding diaryl/α,β-unsaturated/α-hetero) is 2. The summed E-state index contributed by atoms with van der Waals surface area (Å²) in [5.41, 5.74) is 2.60. The fourth-order valence-electron chi connectivity index (χ4n) is 2.47. The van der Waals surface area contributed by atoms with Gasteiger partial charge in [-0.15, -0.1) is 0 Å². The number of aromatic nitrogens is 2. The third kappa shape index (κ3) is 3.03. The van der Waals surface area contributed by atoms with Crippen LogP contribution in [0.1, 0.15) is 20.1 Å². The highest BCUT2D eigenvalue weighted by Crippen LogP contribution is 2.43. The maximum atomic E-state index is 12.1. The first-order chi connectivity index (χ1) is 11.0. The van der Waals surface area contributed by atoms with Crippen molar-refractivity contribution < 1.29 is 24.5 Å². The van der Waals surface area contributed by atoms with Gasteiger partial charge < -0.3 is 20.7 Å². The smallest absolute Gasteiger partial charge is 0.351 e. The van der Waals surface area contributed by atoms with Crippen molar-refractivity contribution in [1.29, 1.82) is 0 Å². The quantitative estimate of drug-likeness (QED) is 0.355. The van der Waals surface area contributed by atoms with Crippen molar-refractivity contribution in [2.45, 2.75) is 42.7 Å². The van der Waals surface area contributed by atoms with E-state index in [2.05, 4.69) is 20.9 Å². The van der Waals surface area contributed by atoms with Crippen LogP contribution in [0.2, 0.25) is 0 Å². The molecule has 24 heavy (non-hydrogen) atoms. The number of ketones is 2. The Morgan fingerprint density at radius 1 is 1.54 bits per heavy atom. The van der Waals surface area contributed by atoms with E-state index in [1.54, 1.807) is 0 Å². The Morgan fingerprint density at radius 2 is 2.12 bits per heavy atom. The molecule has 1 saturated heterocycles. The highest BCUT2D eigenvalue weighted by molar-refractivity contribution is 14.1. The second-order valence-electron chi connectivity index (χ2n) is 5.45. The molecule has 0 saturated carbocycles. The van der Waals surface area contributed by atoms with Gasteiger partial charge in [-0.1, -0.05) is 15.9 Å². The Bertz CT molecular complexity index is 756. The summed E-state index contributed by atoms with van der Waals surface area (Å²) in [4.78, 5) is 38.1. The first-order valence-electron chi connectivity index (χ1n) is 6.77. The summed E-state index contributed by atoms with van der Waals surface area (Å²) in [5.74, 6) is -1.37. The first-order valence-corrected chi connectivity index (χ1v) is 8.76. The predicted molar refractivity (Wildman–Crippen MR) is 94.6 cm³/mol. The van der Waals surface area contributed by atoms with Gasteiger partial charge in [-0.3, -0.25) is 14.2 Å². The molecule has 0 spiro atoms. The van der Waals surface area contributed by atoms with Crippen LogP contribution >= 0.6 is 38.5 Å². The van der Waals surface area contributed by atoms with Crippen molar-refractivity contribution in [3.05, 3.63) is 20.3 Å². The first kappa shape index (κ1) is 19.4. The molecule has 0 amide bonds. The van der Waals surface area contributed by atoms with Crippen molar-refractivity contribution in [1.82, 2.24) is 9.55 Å². The lowest BCUT2D eigenvalue weighted by Crippen LogP contribution is -2.56. The van der Waals surface area contributed by atoms with Crippen LogP contribution in [-0.4, -0.2) is 54.0 Å². The van der Waals surface area contributed by atoms with E-state index >= 15 is 0 Å². The molecule has 9 nitrogen and oxygen atoms in total. The van der Waals surface area contributed by atoms with Crippen LogP contribution < -0.4 is 11.4 Å². The van der Waals surface area contributed by atoms with Crippen molar-refractivity contribution in [3.8, 4) is 0 Å². The molecular formula is C13H15BrIN3O6. The summed E-state index contributed by atoms with van der Waals surface area (Å²) < 4.78 is 7.02. The number of aliphatic hydroxyl groups excluding tert-OH is 1. The Balaban J connectivity index is 2.55. The van der Waals surface area contributed by atoms with E-state index in [-0.39, 0.29) is 5.82 Å². The van der Waals surface area contributed by atoms with Crippen LogP contribution in [0.3, 0.4) is 0 Å². The second kappa shape index (κ2) is 6.78. The number of nitrogens with zero attached hydrogens (tertiary/aromatic N) is 2. The highest BCUT2D eigenvalue weighted by atomic mass is 127. The van der Waals surface area contributed by atoms with Crippen molar-refractivity contribution in [2.24, 2.45) is 0 Å². The lowest BCUT2D eigenvalue weighted by Gasteiger charge is -2.30. The van der Waals surface area contributed by atoms with Gasteiger partial charge in [0.1, 0.15) is 18.0 Å². The largest absolute Gasteiger partial charge is 0.383 e. The minimum absolute atomic E-state index is 0.0307. The number of hydrogen-bond acceptors (Lipinski definition) is 8. The number of hydrogen-bond donors (Lipinski definition) is 3. The highest BCUT2D eigenvalue weighted by Gasteiger charge is 2.61. The van der Waals surface area contributed by atoms with Gasteiger partial charge in [-0.2, -0.15) is 4.98 Å². The molecular weight excluding hydrogens is 501 g/mol. The second-order valence-corrected chi connectivity index (χ2v) is 7.60. The Morgan fingerprint density at radius 3 is 2.62 bits per heavy atom. The van der Waals surface area contributed by atoms with Crippen LogP contribution in [-0.2, 0) is 14.3 Å². The molecule has 4 N–H and O–H groups in total. The van der Waals surface area contributed by atoms with Gasteiger partial charge in [-0.05, 0) is 36.4 Å². The van der Waals surface area contributed by atoms with Crippen LogP contribution in [0.4, 0.5) is 5.82 Å². The lowest BCUT2D eigenvalue weighted by atomic mass is 9.86. The molecule has 1 aliphatic heterocycles. The van der Waals surface area contributed by atoms with E-state index in [9.17, 15) is 24.6 Å². The zero-order valence-electron chi connectivity index (χ0n) is 12.6. The standard InChI is InChI=1S/C13H15BrIN3O6/c1-4(19)7(21)9-13(23,5(2)20)8(14)11(24-9)18-3-6(15)10(16)17-12(18)22/h3,7-9,11,21,23H,1-2H3,(H2,16,17,22)/t7?,8-,9+,11+,13-/m0/s1. The average Bonchev–Trinajstić information content (AvgIpc) is 2.76. The van der Waals surface area contributed by atoms with E-state index in [1.165, 1.54) is 6.20 Å². The summed E-state index contributed by atoms with van der Waals surface area (Å²) in [6, 6.07) is 0. The minimum Gasteiger partial charge on any atom is -0.383 e. The fraction of sp³-hybridized carbons (Fsp3) is 0.538. The fourth-order valence-corrected chi connectivity index (χ4v) is 3.85. The van der Waals surface area contributed by atoms with Gasteiger partial charge in [0.2, 0.25) is 0 Å². The van der Waals surface area contributed by atoms with Gasteiger partial charge in [0.25, 0.3) is 0 Å². The summed E-state index contributed by atoms with van der Waals surface area (Å²) >= 11 is 5.02. The molecule has 5 atom stereocenters. The Kier molecular flexibility index (Phi) is 5.49. The van der Waals surface area contributed by atoms with Gasteiger partial charge in [0, 0.05) is 6.20 Å². The number of aliphatic hydroxyl groups is 2. The number of anilines is 1. The van der Waals surface area contributed by atoms with E-state index in [4.69, 9.17) is 10.5 Å². The molecule has 1 aromatic rings. The number of nitrogens with two attached hydrogens (primary N) is 1. The molecule has 1 unspecified atom stereocenters. The number of halogens is 2. The Labute approximate surface area is 158 Å². The molecule has 132 valence electrons. The molecule has 0 bridgehead atoms. The summed E-state index contributed by atoms with van der Waals surface area (Å²) in [7, 11) is 0. The van der Waals surface area contributed by atoms with Crippen LogP contribution in [0, 0.1) is 3.57 Å². The van der Waals surface area contributed by atoms with E-state index < -0.39 is 46.1 Å². The minimum atomic E-state index is -2.21. The zero-order valence-corrected chi connectivity index (χ0v) is 16.4. The third-order valence-corrected chi connectivity index (χ3v) is 5.85. The number of rotatable bonds is 4. The van der Waals surface area contributed by atoms with Crippen LogP contribution in [0.5, 0.6) is 0 Å². The van der Waals surface area contributed by atoms with Gasteiger partial charge in [0.05, 0.1) is 8.40 Å². The van der Waals surface area contributed by atoms with E-state index in [0.717, 1.165) is 18.4 Å². The summed E-state index contributed by atoms with van der Waals surface area (Å²) in [6.07, 6.45) is -3.09. The SMILES string of the molecule is CC(=O)C(O)[C@H]1O[C@@H](n2cc(I)c(N)nc2=O)[C@H](Br)[C@@]1(O)C(C)=O. The third-order valence-electron chi connectivity index (χ3n) is 3.87. The van der Waals surface area contributed by atoms with Crippen LogP contribution in [0.25, 0.3) is 0 Å². The number of alkyl halides is 1. The van der Waals surface area contributed by atoms with Crippen molar-refractivity contribution >= 4 is 55.9 Å². The van der Waals surface area contributed by atoms with Gasteiger partial charge in [-0.25, -0.2) is 4.79 Å². The van der Waals surface area contributed by atoms with E-state index in [0.29, 0.717) is 3.57 Å². The maximum Gasteiger partial charge on any atom is 0.351 e. The van der Waals surface area contributed by atoms with Crippen molar-refractivity contribution in [3.63, 3.8) is 0 Å². The molecule has 11 heteroatoms. The topological polar surface area (TPSA) is 145 Å².